The quantitative estimate of drug-likeness (QED) is 0.539. The van der Waals surface area contributed by atoms with Gasteiger partial charge in [-0.3, -0.25) is 9.69 Å². The molecule has 134 valence electrons. The first-order valence-electron chi connectivity index (χ1n) is 8.71. The van der Waals surface area contributed by atoms with Crippen LogP contribution in [-0.4, -0.2) is 72.2 Å². The van der Waals surface area contributed by atoms with Gasteiger partial charge in [-0.05, 0) is 19.3 Å². The molecular weight excluding hydrogens is 296 g/mol. The maximum Gasteiger partial charge on any atom is 0.339 e. The molecule has 0 bridgehead atoms. The van der Waals surface area contributed by atoms with E-state index in [0.29, 0.717) is 19.5 Å². The van der Waals surface area contributed by atoms with Crippen LogP contribution in [0.4, 0.5) is 0 Å². The van der Waals surface area contributed by atoms with Crippen LogP contribution in [0.5, 0.6) is 0 Å². The van der Waals surface area contributed by atoms with Crippen LogP contribution in [0.25, 0.3) is 0 Å². The highest BCUT2D eigenvalue weighted by molar-refractivity contribution is 5.79. The molecule has 0 radical (unpaired) electrons. The van der Waals surface area contributed by atoms with Crippen molar-refractivity contribution in [3.63, 3.8) is 0 Å². The number of aliphatic hydroxyl groups is 1. The van der Waals surface area contributed by atoms with Crippen molar-refractivity contribution in [2.45, 2.75) is 58.0 Å². The van der Waals surface area contributed by atoms with E-state index < -0.39 is 11.6 Å². The number of unbranched alkanes of at least 4 members (excludes halogenated alkanes) is 3. The van der Waals surface area contributed by atoms with Gasteiger partial charge in [0.05, 0.1) is 7.11 Å². The van der Waals surface area contributed by atoms with E-state index in [1.165, 1.54) is 7.11 Å². The molecule has 0 aromatic rings. The summed E-state index contributed by atoms with van der Waals surface area (Å²) in [7, 11) is 1.32. The zero-order chi connectivity index (χ0) is 17.3. The van der Waals surface area contributed by atoms with Crippen molar-refractivity contribution in [3.8, 4) is 0 Å². The number of hydrogen-bond donors (Lipinski definition) is 1. The fraction of sp³-hybridized carbons (Fsp3) is 0.882. The van der Waals surface area contributed by atoms with Crippen LogP contribution in [-0.2, 0) is 14.3 Å². The monoisotopic (exact) mass is 328 g/mol. The van der Waals surface area contributed by atoms with Gasteiger partial charge in [0.1, 0.15) is 0 Å². The number of hydrogen-bond acceptors (Lipinski definition) is 5. The Morgan fingerprint density at radius 3 is 2.48 bits per heavy atom. The lowest BCUT2D eigenvalue weighted by molar-refractivity contribution is -0.165. The highest BCUT2D eigenvalue weighted by Crippen LogP contribution is 2.20. The van der Waals surface area contributed by atoms with Gasteiger partial charge in [-0.25, -0.2) is 4.79 Å². The molecular formula is C17H32N2O4. The zero-order valence-electron chi connectivity index (χ0n) is 14.8. The number of β-amino-alcohol motifs (C(OH)–C–C–N with tert-alkyl or cyclic N) is 1. The summed E-state index contributed by atoms with van der Waals surface area (Å²) in [4.78, 5) is 27.4. The molecule has 1 fully saturated rings. The second kappa shape index (κ2) is 9.88. The Bertz CT molecular complexity index is 389. The van der Waals surface area contributed by atoms with Crippen LogP contribution in [0.3, 0.4) is 0 Å². The van der Waals surface area contributed by atoms with Gasteiger partial charge in [-0.2, -0.15) is 0 Å². The zero-order valence-corrected chi connectivity index (χ0v) is 14.8. The lowest BCUT2D eigenvalue weighted by atomic mass is 9.95. The van der Waals surface area contributed by atoms with Crippen molar-refractivity contribution < 1.29 is 19.4 Å². The Kier molecular flexibility index (Phi) is 8.55. The third kappa shape index (κ3) is 6.47. The van der Waals surface area contributed by atoms with Gasteiger partial charge in [0.25, 0.3) is 0 Å². The predicted molar refractivity (Wildman–Crippen MR) is 89.0 cm³/mol. The van der Waals surface area contributed by atoms with Gasteiger partial charge in [-0.1, -0.05) is 26.2 Å². The molecule has 6 nitrogen and oxygen atoms in total. The number of ether oxygens (including phenoxy) is 1. The number of carbonyl (C=O) groups excluding carboxylic acids is 2. The molecule has 0 aromatic carbocycles. The SMILES string of the molecule is CCCCCC[C@](O)(CN1CCCN(C(C)=O)CC1)C(=O)OC. The van der Waals surface area contributed by atoms with Crippen molar-refractivity contribution in [2.24, 2.45) is 0 Å². The van der Waals surface area contributed by atoms with Crippen LogP contribution in [0.2, 0.25) is 0 Å². The summed E-state index contributed by atoms with van der Waals surface area (Å²) in [5.41, 5.74) is -1.45. The number of carbonyl (C=O) groups is 2. The molecule has 6 heteroatoms. The van der Waals surface area contributed by atoms with E-state index in [9.17, 15) is 14.7 Å². The first kappa shape index (κ1) is 19.9. The molecule has 1 N–H and O–H groups in total. The fourth-order valence-corrected chi connectivity index (χ4v) is 3.09. The molecule has 23 heavy (non-hydrogen) atoms. The largest absolute Gasteiger partial charge is 0.467 e. The van der Waals surface area contributed by atoms with E-state index in [1.807, 2.05) is 4.90 Å². The Labute approximate surface area is 139 Å². The summed E-state index contributed by atoms with van der Waals surface area (Å²) in [5, 5.41) is 10.8. The number of nitrogens with zero attached hydrogens (tertiary/aromatic N) is 2. The van der Waals surface area contributed by atoms with Crippen LogP contribution in [0.1, 0.15) is 52.4 Å². The third-order valence-corrected chi connectivity index (χ3v) is 4.53. The minimum atomic E-state index is -1.45. The van der Waals surface area contributed by atoms with E-state index in [2.05, 4.69) is 11.8 Å². The summed E-state index contributed by atoms with van der Waals surface area (Å²) >= 11 is 0. The number of rotatable bonds is 8. The summed E-state index contributed by atoms with van der Waals surface area (Å²) < 4.78 is 4.82. The van der Waals surface area contributed by atoms with E-state index in [4.69, 9.17) is 4.74 Å². The van der Waals surface area contributed by atoms with Crippen LogP contribution < -0.4 is 0 Å². The maximum absolute atomic E-state index is 12.1. The summed E-state index contributed by atoms with van der Waals surface area (Å²) in [5.74, 6) is -0.476. The Morgan fingerprint density at radius 1 is 1.13 bits per heavy atom. The summed E-state index contributed by atoms with van der Waals surface area (Å²) in [6.07, 6.45) is 5.32. The van der Waals surface area contributed by atoms with E-state index in [0.717, 1.165) is 45.2 Å². The van der Waals surface area contributed by atoms with Crippen molar-refractivity contribution in [3.05, 3.63) is 0 Å². The second-order valence-electron chi connectivity index (χ2n) is 6.47. The Morgan fingerprint density at radius 2 is 1.87 bits per heavy atom. The van der Waals surface area contributed by atoms with Gasteiger partial charge in [0.15, 0.2) is 5.60 Å². The summed E-state index contributed by atoms with van der Waals surface area (Å²) in [6, 6.07) is 0. The highest BCUT2D eigenvalue weighted by Gasteiger charge is 2.38. The molecule has 1 rings (SSSR count). The molecule has 1 aliphatic heterocycles. The Hall–Kier alpha value is -1.14. The normalized spacial score (nSPS) is 19.0. The average Bonchev–Trinajstić information content (AvgIpc) is 2.76. The van der Waals surface area contributed by atoms with Gasteiger partial charge in [0, 0.05) is 39.6 Å². The highest BCUT2D eigenvalue weighted by atomic mass is 16.5. The van der Waals surface area contributed by atoms with E-state index >= 15 is 0 Å². The molecule has 1 amide bonds. The van der Waals surface area contributed by atoms with Crippen LogP contribution in [0, 0.1) is 0 Å². The molecule has 1 saturated heterocycles. The Balaban J connectivity index is 2.61. The first-order chi connectivity index (χ1) is 10.9. The number of esters is 1. The molecule has 1 heterocycles. The summed E-state index contributed by atoms with van der Waals surface area (Å²) in [6.45, 7) is 6.81. The molecule has 1 atom stereocenters. The van der Waals surface area contributed by atoms with Gasteiger partial charge in [-0.15, -0.1) is 0 Å². The second-order valence-corrected chi connectivity index (χ2v) is 6.47. The average molecular weight is 328 g/mol. The fourth-order valence-electron chi connectivity index (χ4n) is 3.09. The lowest BCUT2D eigenvalue weighted by Gasteiger charge is -2.31. The molecule has 0 aromatic heterocycles. The molecule has 0 unspecified atom stereocenters. The topological polar surface area (TPSA) is 70.1 Å². The third-order valence-electron chi connectivity index (χ3n) is 4.53. The van der Waals surface area contributed by atoms with Crippen molar-refractivity contribution in [1.29, 1.82) is 0 Å². The minimum absolute atomic E-state index is 0.0784. The van der Waals surface area contributed by atoms with Crippen molar-refractivity contribution in [2.75, 3.05) is 39.8 Å². The number of methoxy groups -OCH3 is 1. The van der Waals surface area contributed by atoms with Crippen molar-refractivity contribution in [1.82, 2.24) is 9.80 Å². The van der Waals surface area contributed by atoms with Crippen LogP contribution in [0.15, 0.2) is 0 Å². The maximum atomic E-state index is 12.1. The van der Waals surface area contributed by atoms with E-state index in [-0.39, 0.29) is 12.5 Å². The molecule has 1 aliphatic rings. The van der Waals surface area contributed by atoms with Gasteiger partial charge in [0.2, 0.25) is 5.91 Å². The number of amides is 1. The standard InChI is InChI=1S/C17H32N2O4/c1-4-5-6-7-9-17(22,16(21)23-3)14-18-10-8-11-19(13-12-18)15(2)20/h22H,4-14H2,1-3H3/t17-/m0/s1. The van der Waals surface area contributed by atoms with E-state index in [1.54, 1.807) is 6.92 Å². The molecule has 0 aliphatic carbocycles. The minimum Gasteiger partial charge on any atom is -0.467 e. The van der Waals surface area contributed by atoms with Crippen molar-refractivity contribution >= 4 is 11.9 Å². The molecule has 0 saturated carbocycles. The van der Waals surface area contributed by atoms with Gasteiger partial charge >= 0.3 is 5.97 Å². The molecule has 0 spiro atoms. The first-order valence-corrected chi connectivity index (χ1v) is 8.71. The van der Waals surface area contributed by atoms with Gasteiger partial charge < -0.3 is 14.7 Å². The lowest BCUT2D eigenvalue weighted by Crippen LogP contribution is -2.50. The van der Waals surface area contributed by atoms with Crippen LogP contribution >= 0.6 is 0 Å². The predicted octanol–water partition coefficient (Wildman–Crippen LogP) is 1.42. The smallest absolute Gasteiger partial charge is 0.339 e.